The second-order valence-electron chi connectivity index (χ2n) is 5.53. The molecule has 0 atom stereocenters. The first kappa shape index (κ1) is 16.0. The van der Waals surface area contributed by atoms with Crippen molar-refractivity contribution < 1.29 is 14.3 Å². The molecule has 0 bridgehead atoms. The van der Waals surface area contributed by atoms with Crippen LogP contribution < -0.4 is 4.74 Å². The molecule has 0 saturated carbocycles. The zero-order valence-electron chi connectivity index (χ0n) is 14.0. The molecule has 0 N–H and O–H groups in total. The molecule has 0 aliphatic heterocycles. The molecule has 122 valence electrons. The van der Waals surface area contributed by atoms with Crippen LogP contribution in [0.15, 0.2) is 48.5 Å². The number of benzene rings is 2. The number of pyridine rings is 1. The molecule has 24 heavy (non-hydrogen) atoms. The average molecular weight is 321 g/mol. The largest absolute Gasteiger partial charge is 0.497 e. The number of aryl methyl sites for hydroxylation is 1. The van der Waals surface area contributed by atoms with Crippen molar-refractivity contribution in [3.63, 3.8) is 0 Å². The predicted octanol–water partition coefficient (Wildman–Crippen LogP) is 4.40. The van der Waals surface area contributed by atoms with E-state index < -0.39 is 0 Å². The molecule has 0 unspecified atom stereocenters. The summed E-state index contributed by atoms with van der Waals surface area (Å²) in [7, 11) is 1.61. The highest BCUT2D eigenvalue weighted by atomic mass is 16.5. The highest BCUT2D eigenvalue weighted by molar-refractivity contribution is 6.00. The molecule has 3 rings (SSSR count). The van der Waals surface area contributed by atoms with Crippen molar-refractivity contribution >= 4 is 16.9 Å². The molecule has 2 aromatic carbocycles. The van der Waals surface area contributed by atoms with Gasteiger partial charge in [-0.15, -0.1) is 0 Å². The molecule has 0 aliphatic rings. The summed E-state index contributed by atoms with van der Waals surface area (Å²) < 4.78 is 10.5. The molecule has 1 heterocycles. The van der Waals surface area contributed by atoms with Gasteiger partial charge in [-0.25, -0.2) is 9.78 Å². The molecular formula is C20H19NO3. The minimum atomic E-state index is -0.370. The Morgan fingerprint density at radius 3 is 2.50 bits per heavy atom. The van der Waals surface area contributed by atoms with E-state index >= 15 is 0 Å². The third-order valence-corrected chi connectivity index (χ3v) is 3.84. The zero-order valence-corrected chi connectivity index (χ0v) is 14.0. The number of aromatic nitrogens is 1. The van der Waals surface area contributed by atoms with Gasteiger partial charge in [0.15, 0.2) is 0 Å². The van der Waals surface area contributed by atoms with E-state index in [0.29, 0.717) is 17.9 Å². The van der Waals surface area contributed by atoms with Gasteiger partial charge < -0.3 is 9.47 Å². The van der Waals surface area contributed by atoms with Gasteiger partial charge in [-0.2, -0.15) is 0 Å². The highest BCUT2D eigenvalue weighted by Crippen LogP contribution is 2.28. The van der Waals surface area contributed by atoms with E-state index in [1.165, 1.54) is 0 Å². The Kier molecular flexibility index (Phi) is 4.47. The van der Waals surface area contributed by atoms with Crippen LogP contribution in [0.1, 0.15) is 22.8 Å². The summed E-state index contributed by atoms with van der Waals surface area (Å²) in [6.07, 6.45) is 0. The number of carbonyl (C=O) groups is 1. The molecule has 0 fully saturated rings. The fourth-order valence-corrected chi connectivity index (χ4v) is 2.58. The Labute approximate surface area is 141 Å². The van der Waals surface area contributed by atoms with E-state index in [4.69, 9.17) is 14.5 Å². The standard InChI is InChI=1S/C20H19NO3/c1-4-24-20(22)17-12-15-11-16(23-3)9-10-18(15)21-19(17)14-7-5-13(2)6-8-14/h5-12H,4H2,1-3H3. The topological polar surface area (TPSA) is 48.4 Å². The number of nitrogens with zero attached hydrogens (tertiary/aromatic N) is 1. The highest BCUT2D eigenvalue weighted by Gasteiger charge is 2.17. The van der Waals surface area contributed by atoms with Gasteiger partial charge >= 0.3 is 5.97 Å². The van der Waals surface area contributed by atoms with Crippen LogP contribution in [0.3, 0.4) is 0 Å². The number of methoxy groups -OCH3 is 1. The van der Waals surface area contributed by atoms with Gasteiger partial charge in [0.25, 0.3) is 0 Å². The molecule has 0 radical (unpaired) electrons. The van der Waals surface area contributed by atoms with Crippen LogP contribution in [-0.4, -0.2) is 24.7 Å². The van der Waals surface area contributed by atoms with Gasteiger partial charge in [0, 0.05) is 10.9 Å². The van der Waals surface area contributed by atoms with Crippen LogP contribution in [0.5, 0.6) is 5.75 Å². The molecule has 3 aromatic rings. The Balaban J connectivity index is 2.22. The van der Waals surface area contributed by atoms with E-state index in [1.807, 2.05) is 55.5 Å². The van der Waals surface area contributed by atoms with Crippen LogP contribution in [0.25, 0.3) is 22.2 Å². The second kappa shape index (κ2) is 6.71. The minimum Gasteiger partial charge on any atom is -0.497 e. The van der Waals surface area contributed by atoms with E-state index in [9.17, 15) is 4.79 Å². The number of ether oxygens (including phenoxy) is 2. The normalized spacial score (nSPS) is 10.6. The minimum absolute atomic E-state index is 0.322. The number of carbonyl (C=O) groups excluding carboxylic acids is 1. The van der Waals surface area contributed by atoms with Crippen LogP contribution in [0.2, 0.25) is 0 Å². The Hall–Kier alpha value is -2.88. The van der Waals surface area contributed by atoms with Crippen LogP contribution in [0, 0.1) is 6.92 Å². The van der Waals surface area contributed by atoms with Gasteiger partial charge in [0.1, 0.15) is 5.75 Å². The first-order valence-electron chi connectivity index (χ1n) is 7.85. The summed E-state index contributed by atoms with van der Waals surface area (Å²) in [5.41, 5.74) is 3.94. The first-order chi connectivity index (χ1) is 11.6. The number of fused-ring (bicyclic) bond motifs is 1. The van der Waals surface area contributed by atoms with Crippen molar-refractivity contribution in [2.75, 3.05) is 13.7 Å². The average Bonchev–Trinajstić information content (AvgIpc) is 2.61. The van der Waals surface area contributed by atoms with E-state index in [0.717, 1.165) is 27.8 Å². The van der Waals surface area contributed by atoms with Crippen LogP contribution in [-0.2, 0) is 4.74 Å². The lowest BCUT2D eigenvalue weighted by molar-refractivity contribution is 0.0527. The number of hydrogen-bond acceptors (Lipinski definition) is 4. The molecule has 4 heteroatoms. The lowest BCUT2D eigenvalue weighted by atomic mass is 10.0. The molecule has 4 nitrogen and oxygen atoms in total. The number of rotatable bonds is 4. The Morgan fingerprint density at radius 1 is 1.08 bits per heavy atom. The van der Waals surface area contributed by atoms with E-state index in [1.54, 1.807) is 14.0 Å². The maximum absolute atomic E-state index is 12.4. The second-order valence-corrected chi connectivity index (χ2v) is 5.53. The van der Waals surface area contributed by atoms with Crippen molar-refractivity contribution in [3.8, 4) is 17.0 Å². The Morgan fingerprint density at radius 2 is 1.83 bits per heavy atom. The third-order valence-electron chi connectivity index (χ3n) is 3.84. The Bertz CT molecular complexity index is 885. The van der Waals surface area contributed by atoms with Gasteiger partial charge in [-0.05, 0) is 38.1 Å². The van der Waals surface area contributed by atoms with Crippen molar-refractivity contribution in [1.29, 1.82) is 0 Å². The SMILES string of the molecule is CCOC(=O)c1cc2cc(OC)ccc2nc1-c1ccc(C)cc1. The van der Waals surface area contributed by atoms with Crippen molar-refractivity contribution in [2.45, 2.75) is 13.8 Å². The van der Waals surface area contributed by atoms with Gasteiger partial charge in [-0.1, -0.05) is 29.8 Å². The molecule has 0 aliphatic carbocycles. The quantitative estimate of drug-likeness (QED) is 0.668. The monoisotopic (exact) mass is 321 g/mol. The van der Waals surface area contributed by atoms with Crippen molar-refractivity contribution in [3.05, 3.63) is 59.7 Å². The summed E-state index contributed by atoms with van der Waals surface area (Å²) in [6, 6.07) is 15.4. The van der Waals surface area contributed by atoms with Gasteiger partial charge in [-0.3, -0.25) is 0 Å². The van der Waals surface area contributed by atoms with Gasteiger partial charge in [0.2, 0.25) is 0 Å². The molecule has 0 saturated heterocycles. The van der Waals surface area contributed by atoms with Crippen molar-refractivity contribution in [1.82, 2.24) is 4.98 Å². The predicted molar refractivity (Wildman–Crippen MR) is 94.4 cm³/mol. The van der Waals surface area contributed by atoms with Gasteiger partial charge in [0.05, 0.1) is 30.5 Å². The lowest BCUT2D eigenvalue weighted by Gasteiger charge is -2.11. The smallest absolute Gasteiger partial charge is 0.340 e. The summed E-state index contributed by atoms with van der Waals surface area (Å²) in [4.78, 5) is 17.1. The summed E-state index contributed by atoms with van der Waals surface area (Å²) in [5.74, 6) is 0.354. The third kappa shape index (κ3) is 3.08. The zero-order chi connectivity index (χ0) is 17.1. The van der Waals surface area contributed by atoms with E-state index in [2.05, 4.69) is 0 Å². The molecule has 0 spiro atoms. The van der Waals surface area contributed by atoms with Crippen LogP contribution >= 0.6 is 0 Å². The number of hydrogen-bond donors (Lipinski definition) is 0. The van der Waals surface area contributed by atoms with E-state index in [-0.39, 0.29) is 5.97 Å². The first-order valence-corrected chi connectivity index (χ1v) is 7.85. The molecular weight excluding hydrogens is 302 g/mol. The maximum atomic E-state index is 12.4. The van der Waals surface area contributed by atoms with Crippen LogP contribution in [0.4, 0.5) is 0 Å². The maximum Gasteiger partial charge on any atom is 0.340 e. The van der Waals surface area contributed by atoms with Crippen molar-refractivity contribution in [2.24, 2.45) is 0 Å². The lowest BCUT2D eigenvalue weighted by Crippen LogP contribution is -2.08. The molecule has 1 aromatic heterocycles. The fourth-order valence-electron chi connectivity index (χ4n) is 2.58. The molecule has 0 amide bonds. The number of esters is 1. The summed E-state index contributed by atoms with van der Waals surface area (Å²) in [6.45, 7) is 4.14. The fraction of sp³-hybridized carbons (Fsp3) is 0.200. The summed E-state index contributed by atoms with van der Waals surface area (Å²) in [5, 5.41) is 0.841. The summed E-state index contributed by atoms with van der Waals surface area (Å²) >= 11 is 0.